The van der Waals surface area contributed by atoms with Gasteiger partial charge < -0.3 is 18.9 Å². The molecule has 1 atom stereocenters. The minimum atomic E-state index is -3.63. The normalized spacial score (nSPS) is 16.4. The molecule has 0 fully saturated rings. The number of ether oxygens (including phenoxy) is 4. The van der Waals surface area contributed by atoms with Crippen molar-refractivity contribution >= 4 is 15.7 Å². The zero-order valence-electron chi connectivity index (χ0n) is 17.0. The molecule has 9 heteroatoms. The second-order valence-corrected chi connectivity index (χ2v) is 8.33. The monoisotopic (exact) mass is 420 g/mol. The molecule has 0 saturated heterocycles. The summed E-state index contributed by atoms with van der Waals surface area (Å²) in [7, 11) is 2.55. The van der Waals surface area contributed by atoms with Crippen LogP contribution in [0.4, 0.5) is 0 Å². The Hall–Kier alpha value is -2.94. The van der Waals surface area contributed by atoms with Crippen molar-refractivity contribution in [1.29, 1.82) is 0 Å². The predicted molar refractivity (Wildman–Crippen MR) is 110 cm³/mol. The molecule has 156 valence electrons. The quantitative estimate of drug-likeness (QED) is 0.685. The maximum absolute atomic E-state index is 12.5. The SMILES string of the molecule is COc1cc(OC)cc(C2=NN(S(C)(=O)=O)[C@@H](c3cccc(OC)c3OC)C2)c1. The van der Waals surface area contributed by atoms with Crippen molar-refractivity contribution < 1.29 is 27.4 Å². The van der Waals surface area contributed by atoms with E-state index < -0.39 is 16.1 Å². The average Bonchev–Trinajstić information content (AvgIpc) is 3.18. The maximum atomic E-state index is 12.5. The van der Waals surface area contributed by atoms with Crippen LogP contribution in [-0.4, -0.2) is 53.2 Å². The highest BCUT2D eigenvalue weighted by Crippen LogP contribution is 2.43. The lowest BCUT2D eigenvalue weighted by molar-refractivity contribution is 0.329. The van der Waals surface area contributed by atoms with E-state index in [-0.39, 0.29) is 0 Å². The average molecular weight is 420 g/mol. The summed E-state index contributed by atoms with van der Waals surface area (Å²) in [6.45, 7) is 0. The van der Waals surface area contributed by atoms with Crippen molar-refractivity contribution in [3.63, 3.8) is 0 Å². The molecule has 8 nitrogen and oxygen atoms in total. The zero-order chi connectivity index (χ0) is 21.2. The zero-order valence-corrected chi connectivity index (χ0v) is 17.8. The van der Waals surface area contributed by atoms with Crippen molar-refractivity contribution in [3.8, 4) is 23.0 Å². The molecule has 0 spiro atoms. The summed E-state index contributed by atoms with van der Waals surface area (Å²) in [5.41, 5.74) is 1.99. The van der Waals surface area contributed by atoms with E-state index in [2.05, 4.69) is 5.10 Å². The van der Waals surface area contributed by atoms with Crippen LogP contribution in [0.3, 0.4) is 0 Å². The number of hydrogen-bond donors (Lipinski definition) is 0. The largest absolute Gasteiger partial charge is 0.497 e. The van der Waals surface area contributed by atoms with Crippen LogP contribution >= 0.6 is 0 Å². The van der Waals surface area contributed by atoms with E-state index in [9.17, 15) is 8.42 Å². The van der Waals surface area contributed by atoms with Gasteiger partial charge in [-0.1, -0.05) is 12.1 Å². The lowest BCUT2D eigenvalue weighted by Crippen LogP contribution is -2.26. The number of benzene rings is 2. The van der Waals surface area contributed by atoms with E-state index in [1.54, 1.807) is 44.6 Å². The lowest BCUT2D eigenvalue weighted by Gasteiger charge is -2.23. The number of hydrazone groups is 1. The summed E-state index contributed by atoms with van der Waals surface area (Å²) < 4.78 is 47.6. The van der Waals surface area contributed by atoms with Crippen LogP contribution < -0.4 is 18.9 Å². The van der Waals surface area contributed by atoms with Gasteiger partial charge in [-0.05, 0) is 18.2 Å². The molecule has 1 aliphatic heterocycles. The fourth-order valence-electron chi connectivity index (χ4n) is 3.35. The van der Waals surface area contributed by atoms with Gasteiger partial charge in [-0.3, -0.25) is 0 Å². The highest BCUT2D eigenvalue weighted by Gasteiger charge is 2.37. The van der Waals surface area contributed by atoms with E-state index in [1.165, 1.54) is 14.2 Å². The van der Waals surface area contributed by atoms with Gasteiger partial charge in [0.05, 0.1) is 46.4 Å². The smallest absolute Gasteiger partial charge is 0.247 e. The summed E-state index contributed by atoms with van der Waals surface area (Å²) in [5.74, 6) is 2.19. The minimum absolute atomic E-state index is 0.354. The maximum Gasteiger partial charge on any atom is 0.247 e. The van der Waals surface area contributed by atoms with Crippen LogP contribution in [0.5, 0.6) is 23.0 Å². The number of para-hydroxylation sites is 1. The van der Waals surface area contributed by atoms with Gasteiger partial charge in [0.2, 0.25) is 10.0 Å². The van der Waals surface area contributed by atoms with E-state index in [4.69, 9.17) is 18.9 Å². The molecule has 3 rings (SSSR count). The summed E-state index contributed by atoms with van der Waals surface area (Å²) in [4.78, 5) is 0. The van der Waals surface area contributed by atoms with Gasteiger partial charge in [0.15, 0.2) is 11.5 Å². The number of sulfonamides is 1. The van der Waals surface area contributed by atoms with Crippen molar-refractivity contribution in [2.24, 2.45) is 5.10 Å². The standard InChI is InChI=1S/C20H24N2O6S/c1-25-14-9-13(10-15(11-14)26-2)17-12-18(22(21-17)29(5,23)24)16-7-6-8-19(27-3)20(16)28-4/h6-11,18H,12H2,1-5H3/t18-/m1/s1. The fourth-order valence-corrected chi connectivity index (χ4v) is 4.25. The molecule has 0 bridgehead atoms. The van der Waals surface area contributed by atoms with Gasteiger partial charge in [-0.15, -0.1) is 0 Å². The third-order valence-electron chi connectivity index (χ3n) is 4.69. The number of nitrogens with zero attached hydrogens (tertiary/aromatic N) is 2. The van der Waals surface area contributed by atoms with Crippen molar-refractivity contribution in [2.45, 2.75) is 12.5 Å². The molecular weight excluding hydrogens is 396 g/mol. The molecular formula is C20H24N2O6S. The number of methoxy groups -OCH3 is 4. The molecule has 0 amide bonds. The summed E-state index contributed by atoms with van der Waals surface area (Å²) >= 11 is 0. The molecule has 0 N–H and O–H groups in total. The second-order valence-electron chi connectivity index (χ2n) is 6.49. The Morgan fingerprint density at radius 3 is 2.14 bits per heavy atom. The molecule has 0 aromatic heterocycles. The highest BCUT2D eigenvalue weighted by molar-refractivity contribution is 7.88. The predicted octanol–water partition coefficient (Wildman–Crippen LogP) is 2.83. The number of hydrogen-bond acceptors (Lipinski definition) is 7. The van der Waals surface area contributed by atoms with Crippen molar-refractivity contribution in [2.75, 3.05) is 34.7 Å². The highest BCUT2D eigenvalue weighted by atomic mass is 32.2. The van der Waals surface area contributed by atoms with E-state index in [0.717, 1.165) is 16.2 Å². The molecule has 1 aliphatic rings. The fraction of sp³-hybridized carbons (Fsp3) is 0.350. The first kappa shape index (κ1) is 20.8. The van der Waals surface area contributed by atoms with Crippen molar-refractivity contribution in [3.05, 3.63) is 47.5 Å². The summed E-state index contributed by atoms with van der Waals surface area (Å²) in [6, 6.07) is 10.1. The van der Waals surface area contributed by atoms with Gasteiger partial charge in [-0.25, -0.2) is 8.42 Å². The first-order valence-electron chi connectivity index (χ1n) is 8.83. The molecule has 0 saturated carbocycles. The van der Waals surface area contributed by atoms with Gasteiger partial charge in [0, 0.05) is 23.6 Å². The van der Waals surface area contributed by atoms with Crippen LogP contribution in [0.2, 0.25) is 0 Å². The Labute approximate surface area is 170 Å². The Bertz CT molecular complexity index is 1010. The van der Waals surface area contributed by atoms with Crippen LogP contribution in [-0.2, 0) is 10.0 Å². The molecule has 1 heterocycles. The molecule has 0 unspecified atom stereocenters. The Morgan fingerprint density at radius 1 is 0.966 bits per heavy atom. The Balaban J connectivity index is 2.10. The minimum Gasteiger partial charge on any atom is -0.497 e. The van der Waals surface area contributed by atoms with Gasteiger partial charge >= 0.3 is 0 Å². The molecule has 2 aromatic carbocycles. The van der Waals surface area contributed by atoms with Crippen LogP contribution in [0.25, 0.3) is 0 Å². The summed E-state index contributed by atoms with van der Waals surface area (Å²) in [6.07, 6.45) is 1.48. The van der Waals surface area contributed by atoms with E-state index in [1.807, 2.05) is 6.07 Å². The molecule has 29 heavy (non-hydrogen) atoms. The lowest BCUT2D eigenvalue weighted by atomic mass is 9.98. The van der Waals surface area contributed by atoms with E-state index in [0.29, 0.717) is 40.7 Å². The molecule has 2 aromatic rings. The molecule has 0 radical (unpaired) electrons. The van der Waals surface area contributed by atoms with E-state index >= 15 is 0 Å². The summed E-state index contributed by atoms with van der Waals surface area (Å²) in [5, 5.41) is 4.42. The second kappa shape index (κ2) is 8.20. The first-order valence-corrected chi connectivity index (χ1v) is 10.7. The number of rotatable bonds is 7. The Morgan fingerprint density at radius 2 is 1.62 bits per heavy atom. The van der Waals surface area contributed by atoms with Gasteiger partial charge in [-0.2, -0.15) is 9.52 Å². The van der Waals surface area contributed by atoms with Crippen LogP contribution in [0.15, 0.2) is 41.5 Å². The van der Waals surface area contributed by atoms with Crippen LogP contribution in [0.1, 0.15) is 23.6 Å². The van der Waals surface area contributed by atoms with Crippen molar-refractivity contribution in [1.82, 2.24) is 4.41 Å². The van der Waals surface area contributed by atoms with Crippen LogP contribution in [0, 0.1) is 0 Å². The molecule has 0 aliphatic carbocycles. The van der Waals surface area contributed by atoms with Gasteiger partial charge in [0.25, 0.3) is 0 Å². The Kier molecular flexibility index (Phi) is 5.88. The third kappa shape index (κ3) is 4.09. The topological polar surface area (TPSA) is 86.7 Å². The third-order valence-corrected chi connectivity index (χ3v) is 5.71. The first-order chi connectivity index (χ1) is 13.8. The van der Waals surface area contributed by atoms with Gasteiger partial charge in [0.1, 0.15) is 11.5 Å².